The van der Waals surface area contributed by atoms with Crippen LogP contribution in [0.15, 0.2) is 52.4 Å². The third kappa shape index (κ3) is 3.32. The molecular formula is C17H12F2N2OS. The zero-order valence-electron chi connectivity index (χ0n) is 12.1. The minimum Gasteiger partial charge on any atom is -0.300 e. The number of aryl methyl sites for hydroxylation is 1. The fourth-order valence-electron chi connectivity index (χ4n) is 2.05. The first-order valence-corrected chi connectivity index (χ1v) is 7.65. The molecule has 6 heteroatoms. The van der Waals surface area contributed by atoms with Crippen molar-refractivity contribution in [1.29, 1.82) is 0 Å². The summed E-state index contributed by atoms with van der Waals surface area (Å²) in [6, 6.07) is 11.3. The van der Waals surface area contributed by atoms with E-state index in [9.17, 15) is 13.6 Å². The van der Waals surface area contributed by atoms with Gasteiger partial charge in [-0.2, -0.15) is 0 Å². The summed E-state index contributed by atoms with van der Waals surface area (Å²) in [5, 5.41) is 3.03. The van der Waals surface area contributed by atoms with Crippen molar-refractivity contribution in [3.8, 4) is 0 Å². The van der Waals surface area contributed by atoms with E-state index in [1.54, 1.807) is 0 Å². The molecule has 0 saturated carbocycles. The summed E-state index contributed by atoms with van der Waals surface area (Å²) in [5.41, 5.74) is 1.75. The van der Waals surface area contributed by atoms with Gasteiger partial charge in [0, 0.05) is 5.56 Å². The van der Waals surface area contributed by atoms with Crippen molar-refractivity contribution in [2.24, 2.45) is 4.99 Å². The maximum absolute atomic E-state index is 13.7. The average molecular weight is 330 g/mol. The van der Waals surface area contributed by atoms with Gasteiger partial charge in [0.25, 0.3) is 5.91 Å². The van der Waals surface area contributed by atoms with Gasteiger partial charge in [0.2, 0.25) is 0 Å². The zero-order chi connectivity index (χ0) is 16.4. The van der Waals surface area contributed by atoms with Gasteiger partial charge in [-0.25, -0.2) is 13.8 Å². The average Bonchev–Trinajstić information content (AvgIpc) is 2.86. The molecule has 0 bridgehead atoms. The molecule has 23 heavy (non-hydrogen) atoms. The number of carbonyl (C=O) groups is 1. The van der Waals surface area contributed by atoms with E-state index in [4.69, 9.17) is 0 Å². The summed E-state index contributed by atoms with van der Waals surface area (Å²) >= 11 is 1.09. The molecule has 0 aromatic heterocycles. The molecule has 0 unspecified atom stereocenters. The molecule has 0 aliphatic carbocycles. The highest BCUT2D eigenvalue weighted by atomic mass is 32.2. The summed E-state index contributed by atoms with van der Waals surface area (Å²) < 4.78 is 26.9. The van der Waals surface area contributed by atoms with Gasteiger partial charge < -0.3 is 5.32 Å². The number of carbonyl (C=O) groups excluding carboxylic acids is 1. The van der Waals surface area contributed by atoms with Gasteiger partial charge in [-0.1, -0.05) is 30.3 Å². The second-order valence-electron chi connectivity index (χ2n) is 4.91. The van der Waals surface area contributed by atoms with Crippen LogP contribution in [0.5, 0.6) is 0 Å². The lowest BCUT2D eigenvalue weighted by atomic mass is 10.2. The number of hydrogen-bond donors (Lipinski definition) is 1. The van der Waals surface area contributed by atoms with Crippen LogP contribution in [0.4, 0.5) is 14.5 Å². The van der Waals surface area contributed by atoms with Gasteiger partial charge in [0.05, 0.1) is 10.6 Å². The van der Waals surface area contributed by atoms with Gasteiger partial charge in [-0.15, -0.1) is 0 Å². The summed E-state index contributed by atoms with van der Waals surface area (Å²) in [4.78, 5) is 16.6. The molecule has 2 aromatic carbocycles. The fourth-order valence-corrected chi connectivity index (χ4v) is 2.88. The Morgan fingerprint density at radius 3 is 2.70 bits per heavy atom. The highest BCUT2D eigenvalue weighted by Gasteiger charge is 2.24. The van der Waals surface area contributed by atoms with Crippen LogP contribution >= 0.6 is 11.8 Å². The number of nitrogens with zero attached hydrogens (tertiary/aromatic N) is 1. The van der Waals surface area contributed by atoms with Crippen LogP contribution in [0.25, 0.3) is 6.08 Å². The van der Waals surface area contributed by atoms with Crippen molar-refractivity contribution in [2.75, 3.05) is 0 Å². The summed E-state index contributed by atoms with van der Waals surface area (Å²) in [7, 11) is 0. The molecular weight excluding hydrogens is 318 g/mol. The van der Waals surface area contributed by atoms with Crippen molar-refractivity contribution >= 4 is 34.6 Å². The molecule has 1 heterocycles. The maximum Gasteiger partial charge on any atom is 0.264 e. The van der Waals surface area contributed by atoms with E-state index < -0.39 is 11.6 Å². The van der Waals surface area contributed by atoms with Crippen LogP contribution < -0.4 is 5.32 Å². The van der Waals surface area contributed by atoms with E-state index >= 15 is 0 Å². The molecule has 1 fully saturated rings. The molecule has 3 nitrogen and oxygen atoms in total. The van der Waals surface area contributed by atoms with Crippen LogP contribution in [0.3, 0.4) is 0 Å². The lowest BCUT2D eigenvalue weighted by Crippen LogP contribution is -2.19. The van der Waals surface area contributed by atoms with E-state index in [0.717, 1.165) is 29.1 Å². The van der Waals surface area contributed by atoms with Crippen LogP contribution in [-0.2, 0) is 4.79 Å². The van der Waals surface area contributed by atoms with E-state index in [1.165, 1.54) is 18.2 Å². The Labute approximate surface area is 136 Å². The lowest BCUT2D eigenvalue weighted by Gasteiger charge is -2.00. The highest BCUT2D eigenvalue weighted by molar-refractivity contribution is 8.18. The topological polar surface area (TPSA) is 41.5 Å². The van der Waals surface area contributed by atoms with E-state index in [-0.39, 0.29) is 16.4 Å². The predicted molar refractivity (Wildman–Crippen MR) is 88.3 cm³/mol. The zero-order valence-corrected chi connectivity index (χ0v) is 13.0. The van der Waals surface area contributed by atoms with Crippen molar-refractivity contribution in [1.82, 2.24) is 5.32 Å². The minimum atomic E-state index is -0.974. The number of benzene rings is 2. The number of thioether (sulfide) groups is 1. The molecule has 0 atom stereocenters. The Kier molecular flexibility index (Phi) is 4.25. The standard InChI is InChI=1S/C17H12F2N2OS/c1-10-5-2-3-8-13(10)20-17-21-16(22)14(23-17)9-11-6-4-7-12(18)15(11)19/h2-9H,1H3,(H,20,21,22)/b14-9-. The molecule has 1 aliphatic heterocycles. The number of halogens is 2. The van der Waals surface area contributed by atoms with Crippen LogP contribution in [0.2, 0.25) is 0 Å². The fraction of sp³-hybridized carbons (Fsp3) is 0.0588. The Balaban J connectivity index is 1.90. The third-order valence-corrected chi connectivity index (χ3v) is 4.17. The molecule has 3 rings (SSSR count). The van der Waals surface area contributed by atoms with Crippen molar-refractivity contribution < 1.29 is 13.6 Å². The second kappa shape index (κ2) is 6.34. The quantitative estimate of drug-likeness (QED) is 0.840. The Hall–Kier alpha value is -2.47. The molecule has 0 radical (unpaired) electrons. The van der Waals surface area contributed by atoms with Crippen molar-refractivity contribution in [3.05, 3.63) is 70.1 Å². The monoisotopic (exact) mass is 330 g/mol. The third-order valence-electron chi connectivity index (χ3n) is 3.26. The maximum atomic E-state index is 13.7. The summed E-state index contributed by atoms with van der Waals surface area (Å²) in [6.07, 6.45) is 1.32. The van der Waals surface area contributed by atoms with Gasteiger partial charge >= 0.3 is 0 Å². The lowest BCUT2D eigenvalue weighted by molar-refractivity contribution is -0.115. The van der Waals surface area contributed by atoms with Crippen LogP contribution in [0, 0.1) is 18.6 Å². The minimum absolute atomic E-state index is 0.0276. The molecule has 1 amide bonds. The van der Waals surface area contributed by atoms with E-state index in [0.29, 0.717) is 5.17 Å². The van der Waals surface area contributed by atoms with Gasteiger partial charge in [-0.05, 0) is 42.5 Å². The summed E-state index contributed by atoms with van der Waals surface area (Å²) in [6.45, 7) is 1.92. The first kappa shape index (κ1) is 15.4. The molecule has 1 N–H and O–H groups in total. The van der Waals surface area contributed by atoms with Crippen molar-refractivity contribution in [3.63, 3.8) is 0 Å². The first-order valence-electron chi connectivity index (χ1n) is 6.84. The number of rotatable bonds is 2. The van der Waals surface area contributed by atoms with Crippen LogP contribution in [-0.4, -0.2) is 11.1 Å². The van der Waals surface area contributed by atoms with Crippen LogP contribution in [0.1, 0.15) is 11.1 Å². The molecule has 1 aliphatic rings. The highest BCUT2D eigenvalue weighted by Crippen LogP contribution is 2.29. The van der Waals surface area contributed by atoms with Gasteiger partial charge in [-0.3, -0.25) is 4.79 Å². The Morgan fingerprint density at radius 1 is 1.13 bits per heavy atom. The Morgan fingerprint density at radius 2 is 1.91 bits per heavy atom. The number of hydrogen-bond acceptors (Lipinski definition) is 3. The van der Waals surface area contributed by atoms with E-state index in [2.05, 4.69) is 10.3 Å². The SMILES string of the molecule is Cc1ccccc1N=C1NC(=O)/C(=C/c2cccc(F)c2F)S1. The number of para-hydroxylation sites is 1. The second-order valence-corrected chi connectivity index (χ2v) is 5.94. The molecule has 0 spiro atoms. The van der Waals surface area contributed by atoms with Crippen molar-refractivity contribution in [2.45, 2.75) is 6.92 Å². The van der Waals surface area contributed by atoms with Gasteiger partial charge in [0.15, 0.2) is 16.8 Å². The van der Waals surface area contributed by atoms with Gasteiger partial charge in [0.1, 0.15) is 0 Å². The smallest absolute Gasteiger partial charge is 0.264 e. The number of amidine groups is 1. The number of aliphatic imine (C=N–C) groups is 1. The predicted octanol–water partition coefficient (Wildman–Crippen LogP) is 4.16. The Bertz CT molecular complexity index is 846. The summed E-state index contributed by atoms with van der Waals surface area (Å²) in [5.74, 6) is -2.31. The number of nitrogens with one attached hydrogen (secondary N) is 1. The number of amides is 1. The molecule has 1 saturated heterocycles. The normalized spacial score (nSPS) is 17.8. The molecule has 2 aromatic rings. The molecule has 116 valence electrons. The van der Waals surface area contributed by atoms with E-state index in [1.807, 2.05) is 31.2 Å². The first-order chi connectivity index (χ1) is 11.0. The largest absolute Gasteiger partial charge is 0.300 e.